The van der Waals surface area contributed by atoms with Crippen molar-refractivity contribution in [2.24, 2.45) is 5.92 Å². The molecule has 21 heavy (non-hydrogen) atoms. The van der Waals surface area contributed by atoms with E-state index in [1.807, 2.05) is 6.07 Å². The van der Waals surface area contributed by atoms with Crippen molar-refractivity contribution in [3.05, 3.63) is 48.2 Å². The van der Waals surface area contributed by atoms with Crippen molar-refractivity contribution in [3.8, 4) is 5.75 Å². The van der Waals surface area contributed by atoms with Crippen molar-refractivity contribution in [3.63, 3.8) is 0 Å². The molecule has 112 valence electrons. The minimum absolute atomic E-state index is 0.150. The summed E-state index contributed by atoms with van der Waals surface area (Å²) in [4.78, 5) is 0. The molecule has 0 aliphatic carbocycles. The van der Waals surface area contributed by atoms with E-state index >= 15 is 0 Å². The molecule has 2 heterocycles. The molecule has 0 saturated carbocycles. The Balaban J connectivity index is 1.96. The van der Waals surface area contributed by atoms with Gasteiger partial charge in [-0.3, -0.25) is 0 Å². The molecule has 0 bridgehead atoms. The van der Waals surface area contributed by atoms with Gasteiger partial charge in [0.05, 0.1) is 25.5 Å². The Kier molecular flexibility index (Phi) is 3.71. The SMILES string of the molecule is O=S(=O)(N[C@H]1c2ccccc2OC[C@H]1CO)c1ccco1. The molecular weight excluding hydrogens is 294 g/mol. The van der Waals surface area contributed by atoms with Gasteiger partial charge in [-0.25, -0.2) is 13.1 Å². The number of nitrogens with one attached hydrogen (secondary N) is 1. The van der Waals surface area contributed by atoms with Crippen LogP contribution in [0.1, 0.15) is 11.6 Å². The van der Waals surface area contributed by atoms with Crippen molar-refractivity contribution < 1.29 is 22.7 Å². The monoisotopic (exact) mass is 309 g/mol. The molecule has 7 heteroatoms. The van der Waals surface area contributed by atoms with Crippen LogP contribution >= 0.6 is 0 Å². The van der Waals surface area contributed by atoms with E-state index in [0.717, 1.165) is 0 Å². The van der Waals surface area contributed by atoms with Crippen molar-refractivity contribution >= 4 is 10.0 Å². The van der Waals surface area contributed by atoms with Crippen LogP contribution in [-0.4, -0.2) is 26.7 Å². The molecule has 1 aromatic carbocycles. The Morgan fingerprint density at radius 2 is 2.05 bits per heavy atom. The Hall–Kier alpha value is -1.83. The number of sulfonamides is 1. The standard InChI is InChI=1S/C14H15NO5S/c16-8-10-9-20-12-5-2-1-4-11(12)14(10)15-21(17,18)13-6-3-7-19-13/h1-7,10,14-16H,8-9H2/t10-,14-/m1/s1. The molecule has 2 N–H and O–H groups in total. The zero-order valence-electron chi connectivity index (χ0n) is 11.1. The maximum Gasteiger partial charge on any atom is 0.274 e. The van der Waals surface area contributed by atoms with Crippen molar-refractivity contribution in [1.29, 1.82) is 0 Å². The van der Waals surface area contributed by atoms with E-state index in [2.05, 4.69) is 4.72 Å². The lowest BCUT2D eigenvalue weighted by Gasteiger charge is -2.32. The quantitative estimate of drug-likeness (QED) is 0.888. The van der Waals surface area contributed by atoms with Gasteiger partial charge >= 0.3 is 0 Å². The zero-order valence-corrected chi connectivity index (χ0v) is 11.9. The third kappa shape index (κ3) is 2.67. The van der Waals surface area contributed by atoms with E-state index in [9.17, 15) is 13.5 Å². The van der Waals surface area contributed by atoms with Crippen molar-refractivity contribution in [1.82, 2.24) is 4.72 Å². The molecular formula is C14H15NO5S. The van der Waals surface area contributed by atoms with Crippen LogP contribution in [0.2, 0.25) is 0 Å². The number of rotatable bonds is 4. The summed E-state index contributed by atoms with van der Waals surface area (Å²) in [6, 6.07) is 9.50. The van der Waals surface area contributed by atoms with E-state index in [4.69, 9.17) is 9.15 Å². The molecule has 0 saturated heterocycles. The highest BCUT2D eigenvalue weighted by Crippen LogP contribution is 2.36. The minimum atomic E-state index is -3.79. The van der Waals surface area contributed by atoms with Gasteiger partial charge in [-0.2, -0.15) is 0 Å². The molecule has 0 radical (unpaired) electrons. The largest absolute Gasteiger partial charge is 0.493 e. The average molecular weight is 309 g/mol. The van der Waals surface area contributed by atoms with E-state index in [0.29, 0.717) is 11.3 Å². The predicted octanol–water partition coefficient (Wildman–Crippen LogP) is 1.30. The predicted molar refractivity (Wildman–Crippen MR) is 74.3 cm³/mol. The number of fused-ring (bicyclic) bond motifs is 1. The van der Waals surface area contributed by atoms with Crippen LogP contribution < -0.4 is 9.46 Å². The van der Waals surface area contributed by atoms with Crippen molar-refractivity contribution in [2.45, 2.75) is 11.1 Å². The van der Waals surface area contributed by atoms with Crippen LogP contribution in [0.25, 0.3) is 0 Å². The molecule has 6 nitrogen and oxygen atoms in total. The second-order valence-electron chi connectivity index (χ2n) is 4.82. The Morgan fingerprint density at radius 1 is 1.24 bits per heavy atom. The lowest BCUT2D eigenvalue weighted by molar-refractivity contribution is 0.119. The first-order valence-corrected chi connectivity index (χ1v) is 7.98. The summed E-state index contributed by atoms with van der Waals surface area (Å²) in [5.74, 6) is 0.263. The number of aliphatic hydroxyl groups is 1. The molecule has 2 atom stereocenters. The van der Waals surface area contributed by atoms with Gasteiger partial charge in [0.15, 0.2) is 0 Å². The Bertz CT molecular complexity index is 711. The third-order valence-corrected chi connectivity index (χ3v) is 4.78. The smallest absolute Gasteiger partial charge is 0.274 e. The fourth-order valence-corrected chi connectivity index (χ4v) is 3.59. The Labute approximate surface area is 122 Å². The minimum Gasteiger partial charge on any atom is -0.493 e. The van der Waals surface area contributed by atoms with Crippen molar-refractivity contribution in [2.75, 3.05) is 13.2 Å². The summed E-state index contributed by atoms with van der Waals surface area (Å²) in [5.41, 5.74) is 0.706. The third-order valence-electron chi connectivity index (χ3n) is 3.45. The molecule has 3 rings (SSSR count). The summed E-state index contributed by atoms with van der Waals surface area (Å²) >= 11 is 0. The average Bonchev–Trinajstić information content (AvgIpc) is 3.02. The van der Waals surface area contributed by atoms with Gasteiger partial charge in [0.2, 0.25) is 5.09 Å². The summed E-state index contributed by atoms with van der Waals surface area (Å²) in [7, 11) is -3.79. The lowest BCUT2D eigenvalue weighted by atomic mass is 9.92. The van der Waals surface area contributed by atoms with Crippen LogP contribution in [0.4, 0.5) is 0 Å². The van der Waals surface area contributed by atoms with Crippen LogP contribution in [-0.2, 0) is 10.0 Å². The maximum absolute atomic E-state index is 12.3. The summed E-state index contributed by atoms with van der Waals surface area (Å²) in [6.07, 6.45) is 1.30. The van der Waals surface area contributed by atoms with Crippen LogP contribution in [0, 0.1) is 5.92 Å². The molecule has 0 unspecified atom stereocenters. The highest BCUT2D eigenvalue weighted by atomic mass is 32.2. The fraction of sp³-hybridized carbons (Fsp3) is 0.286. The van der Waals surface area contributed by atoms with Crippen LogP contribution in [0.3, 0.4) is 0 Å². The number of para-hydroxylation sites is 1. The first-order valence-electron chi connectivity index (χ1n) is 6.50. The molecule has 0 fully saturated rings. The normalized spacial score (nSPS) is 21.6. The maximum atomic E-state index is 12.3. The summed E-state index contributed by atoms with van der Waals surface area (Å²) in [5, 5.41) is 9.33. The van der Waals surface area contributed by atoms with E-state index in [1.54, 1.807) is 18.2 Å². The lowest BCUT2D eigenvalue weighted by Crippen LogP contribution is -2.40. The van der Waals surface area contributed by atoms with Gasteiger partial charge < -0.3 is 14.3 Å². The highest BCUT2D eigenvalue weighted by molar-refractivity contribution is 7.89. The number of aliphatic hydroxyl groups excluding tert-OH is 1. The van der Waals surface area contributed by atoms with Gasteiger partial charge in [0.1, 0.15) is 5.75 Å². The number of hydrogen-bond acceptors (Lipinski definition) is 5. The zero-order chi connectivity index (χ0) is 14.9. The second kappa shape index (κ2) is 5.51. The number of hydrogen-bond donors (Lipinski definition) is 2. The first kappa shape index (κ1) is 14.1. The molecule has 0 amide bonds. The van der Waals surface area contributed by atoms with E-state index in [-0.39, 0.29) is 24.2 Å². The molecule has 1 aliphatic heterocycles. The fourth-order valence-electron chi connectivity index (χ4n) is 2.38. The number of benzene rings is 1. The molecule has 1 aliphatic rings. The summed E-state index contributed by atoms with van der Waals surface area (Å²) in [6.45, 7) is 0.0680. The van der Waals surface area contributed by atoms with E-state index < -0.39 is 16.1 Å². The van der Waals surface area contributed by atoms with Gasteiger partial charge in [0, 0.05) is 11.5 Å². The van der Waals surface area contributed by atoms with Gasteiger partial charge in [-0.1, -0.05) is 18.2 Å². The van der Waals surface area contributed by atoms with Crippen LogP contribution in [0.15, 0.2) is 52.2 Å². The van der Waals surface area contributed by atoms with Crippen LogP contribution in [0.5, 0.6) is 5.75 Å². The number of ether oxygens (including phenoxy) is 1. The highest BCUT2D eigenvalue weighted by Gasteiger charge is 2.34. The first-order chi connectivity index (χ1) is 10.1. The molecule has 1 aromatic heterocycles. The topological polar surface area (TPSA) is 88.8 Å². The summed E-state index contributed by atoms with van der Waals surface area (Å²) < 4.78 is 37.7. The second-order valence-corrected chi connectivity index (χ2v) is 6.47. The number of furan rings is 1. The molecule has 0 spiro atoms. The van der Waals surface area contributed by atoms with Gasteiger partial charge in [0.25, 0.3) is 10.0 Å². The Morgan fingerprint density at radius 3 is 2.76 bits per heavy atom. The molecule has 2 aromatic rings. The van der Waals surface area contributed by atoms with Gasteiger partial charge in [-0.15, -0.1) is 0 Å². The van der Waals surface area contributed by atoms with E-state index in [1.165, 1.54) is 18.4 Å². The van der Waals surface area contributed by atoms with Gasteiger partial charge in [-0.05, 0) is 18.2 Å².